The van der Waals surface area contributed by atoms with Crippen LogP contribution in [0.5, 0.6) is 0 Å². The van der Waals surface area contributed by atoms with Crippen LogP contribution in [0.4, 0.5) is 4.39 Å². The lowest BCUT2D eigenvalue weighted by Gasteiger charge is -2.21. The molecule has 0 aliphatic carbocycles. The van der Waals surface area contributed by atoms with Crippen LogP contribution in [0.3, 0.4) is 0 Å². The molecule has 1 aromatic heterocycles. The van der Waals surface area contributed by atoms with Gasteiger partial charge in [-0.15, -0.1) is 24.0 Å². The van der Waals surface area contributed by atoms with Crippen molar-refractivity contribution in [1.29, 1.82) is 0 Å². The summed E-state index contributed by atoms with van der Waals surface area (Å²) < 4.78 is 13.2. The van der Waals surface area contributed by atoms with E-state index in [4.69, 9.17) is 0 Å². The Morgan fingerprint density at radius 2 is 2.00 bits per heavy atom. The Morgan fingerprint density at radius 1 is 1.27 bits per heavy atom. The third-order valence-electron chi connectivity index (χ3n) is 3.57. The number of aromatic amines is 1. The first kappa shape index (κ1) is 22.2. The quantitative estimate of drug-likeness (QED) is 0.305. The zero-order valence-electron chi connectivity index (χ0n) is 15.6. The van der Waals surface area contributed by atoms with Gasteiger partial charge in [0, 0.05) is 36.2 Å². The summed E-state index contributed by atoms with van der Waals surface area (Å²) in [4.78, 5) is 19.0. The highest BCUT2D eigenvalue weighted by Crippen LogP contribution is 2.19. The van der Waals surface area contributed by atoms with Gasteiger partial charge in [-0.25, -0.2) is 4.39 Å². The molecule has 0 unspecified atom stereocenters. The molecular formula is C18H27FIN5O. The Bertz CT molecular complexity index is 767. The molecule has 6 nitrogen and oxygen atoms in total. The highest BCUT2D eigenvalue weighted by atomic mass is 127. The number of rotatable bonds is 5. The second-order valence-corrected chi connectivity index (χ2v) is 6.90. The van der Waals surface area contributed by atoms with Crippen molar-refractivity contribution >= 4 is 46.7 Å². The molecule has 0 bridgehead atoms. The third kappa shape index (κ3) is 6.81. The first-order valence-corrected chi connectivity index (χ1v) is 8.29. The number of aliphatic imine (C=N–C) groups is 1. The normalized spacial score (nSPS) is 11.8. The lowest BCUT2D eigenvalue weighted by Crippen LogP contribution is -2.48. The van der Waals surface area contributed by atoms with Crippen LogP contribution in [0, 0.1) is 5.82 Å². The molecule has 0 fully saturated rings. The van der Waals surface area contributed by atoms with Crippen molar-refractivity contribution in [3.63, 3.8) is 0 Å². The van der Waals surface area contributed by atoms with E-state index in [1.54, 1.807) is 13.1 Å². The number of halogens is 2. The Balaban J connectivity index is 0.00000338. The van der Waals surface area contributed by atoms with E-state index in [2.05, 4.69) is 25.9 Å². The lowest BCUT2D eigenvalue weighted by molar-refractivity contribution is -0.121. The predicted molar refractivity (Wildman–Crippen MR) is 115 cm³/mol. The molecule has 8 heteroatoms. The van der Waals surface area contributed by atoms with Gasteiger partial charge in [-0.2, -0.15) is 0 Å². The summed E-state index contributed by atoms with van der Waals surface area (Å²) >= 11 is 0. The molecule has 0 saturated carbocycles. The molecular weight excluding hydrogens is 448 g/mol. The van der Waals surface area contributed by atoms with E-state index >= 15 is 0 Å². The van der Waals surface area contributed by atoms with Gasteiger partial charge in [-0.3, -0.25) is 9.79 Å². The van der Waals surface area contributed by atoms with Gasteiger partial charge in [0.1, 0.15) is 5.82 Å². The molecule has 0 aliphatic rings. The molecule has 1 heterocycles. The summed E-state index contributed by atoms with van der Waals surface area (Å²) in [6.07, 6.45) is 2.64. The van der Waals surface area contributed by atoms with Crippen LogP contribution >= 0.6 is 24.0 Å². The van der Waals surface area contributed by atoms with Crippen molar-refractivity contribution in [3.8, 4) is 0 Å². The number of H-pyrrole nitrogens is 1. The summed E-state index contributed by atoms with van der Waals surface area (Å²) in [6.45, 7) is 6.61. The number of nitrogens with zero attached hydrogens (tertiary/aromatic N) is 1. The standard InChI is InChI=1S/C18H26FN5O.HI/c1-18(2,3)24-16(25)11-23-17(20-4)21-8-7-12-10-22-15-9-13(19)5-6-14(12)15;/h5-6,9-10,22H,7-8,11H2,1-4H3,(H,24,25)(H2,20,21,23);1H. The van der Waals surface area contributed by atoms with E-state index in [1.165, 1.54) is 12.1 Å². The Morgan fingerprint density at radius 3 is 2.65 bits per heavy atom. The lowest BCUT2D eigenvalue weighted by atomic mass is 10.1. The topological polar surface area (TPSA) is 81.3 Å². The number of fused-ring (bicyclic) bond motifs is 1. The van der Waals surface area contributed by atoms with Gasteiger partial charge >= 0.3 is 0 Å². The van der Waals surface area contributed by atoms with Crippen LogP contribution in [0.2, 0.25) is 0 Å². The Hall–Kier alpha value is -1.84. The van der Waals surface area contributed by atoms with Crippen LogP contribution in [0.15, 0.2) is 29.4 Å². The molecule has 0 radical (unpaired) electrons. The molecule has 0 aliphatic heterocycles. The second kappa shape index (κ2) is 9.75. The van der Waals surface area contributed by atoms with Crippen LogP contribution in [0.25, 0.3) is 10.9 Å². The first-order valence-electron chi connectivity index (χ1n) is 8.29. The molecule has 1 aromatic carbocycles. The summed E-state index contributed by atoms with van der Waals surface area (Å²) in [7, 11) is 1.66. The zero-order chi connectivity index (χ0) is 18.4. The van der Waals surface area contributed by atoms with E-state index in [0.717, 1.165) is 22.9 Å². The fraction of sp³-hybridized carbons (Fsp3) is 0.444. The maximum absolute atomic E-state index is 13.2. The third-order valence-corrected chi connectivity index (χ3v) is 3.57. The number of carbonyl (C=O) groups excluding carboxylic acids is 1. The molecule has 144 valence electrons. The zero-order valence-corrected chi connectivity index (χ0v) is 17.9. The van der Waals surface area contributed by atoms with Gasteiger partial charge in [0.15, 0.2) is 5.96 Å². The monoisotopic (exact) mass is 475 g/mol. The predicted octanol–water partition coefficient (Wildman–Crippen LogP) is 2.55. The maximum atomic E-state index is 13.2. The number of benzene rings is 1. The minimum absolute atomic E-state index is 0. The summed E-state index contributed by atoms with van der Waals surface area (Å²) in [5, 5.41) is 10.1. The number of hydrogen-bond acceptors (Lipinski definition) is 2. The number of aromatic nitrogens is 1. The number of hydrogen-bond donors (Lipinski definition) is 4. The van der Waals surface area contributed by atoms with Gasteiger partial charge < -0.3 is 20.9 Å². The van der Waals surface area contributed by atoms with Gasteiger partial charge in [0.25, 0.3) is 0 Å². The maximum Gasteiger partial charge on any atom is 0.239 e. The van der Waals surface area contributed by atoms with E-state index in [-0.39, 0.29) is 47.8 Å². The fourth-order valence-corrected chi connectivity index (χ4v) is 2.53. The molecule has 4 N–H and O–H groups in total. The Labute approximate surface area is 170 Å². The summed E-state index contributed by atoms with van der Waals surface area (Å²) in [6, 6.07) is 4.72. The van der Waals surface area contributed by atoms with E-state index in [9.17, 15) is 9.18 Å². The SMILES string of the molecule is CN=C(NCCc1c[nH]c2cc(F)ccc12)NCC(=O)NC(C)(C)C.I. The van der Waals surface area contributed by atoms with Gasteiger partial charge in [-0.1, -0.05) is 0 Å². The van der Waals surface area contributed by atoms with Gasteiger partial charge in [0.2, 0.25) is 5.91 Å². The molecule has 1 amide bonds. The fourth-order valence-electron chi connectivity index (χ4n) is 2.53. The minimum Gasteiger partial charge on any atom is -0.361 e. The van der Waals surface area contributed by atoms with Crippen molar-refractivity contribution in [3.05, 3.63) is 35.8 Å². The molecule has 0 saturated heterocycles. The molecule has 26 heavy (non-hydrogen) atoms. The number of guanidine groups is 1. The number of nitrogens with one attached hydrogen (secondary N) is 4. The molecule has 2 aromatic rings. The van der Waals surface area contributed by atoms with Crippen LogP contribution in [-0.2, 0) is 11.2 Å². The minimum atomic E-state index is -0.259. The Kier molecular flexibility index (Phi) is 8.32. The van der Waals surface area contributed by atoms with Crippen molar-refractivity contribution in [2.24, 2.45) is 4.99 Å². The molecule has 2 rings (SSSR count). The summed E-state index contributed by atoms with van der Waals surface area (Å²) in [5.41, 5.74) is 1.63. The van der Waals surface area contributed by atoms with Crippen LogP contribution in [0.1, 0.15) is 26.3 Å². The number of amides is 1. The van der Waals surface area contributed by atoms with Crippen molar-refractivity contribution in [2.45, 2.75) is 32.7 Å². The van der Waals surface area contributed by atoms with E-state index in [0.29, 0.717) is 12.5 Å². The van der Waals surface area contributed by atoms with Gasteiger partial charge in [0.05, 0.1) is 6.54 Å². The number of carbonyl (C=O) groups is 1. The van der Waals surface area contributed by atoms with E-state index < -0.39 is 0 Å². The van der Waals surface area contributed by atoms with Gasteiger partial charge in [-0.05, 0) is 51.0 Å². The average Bonchev–Trinajstić information content (AvgIpc) is 2.91. The van der Waals surface area contributed by atoms with E-state index in [1.807, 2.05) is 27.0 Å². The first-order chi connectivity index (χ1) is 11.8. The van der Waals surface area contributed by atoms with Crippen molar-refractivity contribution < 1.29 is 9.18 Å². The highest BCUT2D eigenvalue weighted by Gasteiger charge is 2.13. The smallest absolute Gasteiger partial charge is 0.239 e. The second-order valence-electron chi connectivity index (χ2n) is 6.90. The molecule has 0 spiro atoms. The van der Waals surface area contributed by atoms with Crippen molar-refractivity contribution in [2.75, 3.05) is 20.1 Å². The largest absolute Gasteiger partial charge is 0.361 e. The van der Waals surface area contributed by atoms with Crippen LogP contribution < -0.4 is 16.0 Å². The van der Waals surface area contributed by atoms with Crippen molar-refractivity contribution in [1.82, 2.24) is 20.9 Å². The summed E-state index contributed by atoms with van der Waals surface area (Å²) in [5.74, 6) is 0.223. The average molecular weight is 475 g/mol. The van der Waals surface area contributed by atoms with Crippen LogP contribution in [-0.4, -0.2) is 42.5 Å². The molecule has 0 atom stereocenters. The highest BCUT2D eigenvalue weighted by molar-refractivity contribution is 14.0.